The SMILES string of the molecule is CN1CCN(Cc2ccc(F)c(C#N)c2)CC1c1nc(C2CC2)no1. The van der Waals surface area contributed by atoms with Crippen LogP contribution in [0.4, 0.5) is 4.39 Å². The highest BCUT2D eigenvalue weighted by Gasteiger charge is 2.33. The molecule has 4 rings (SSSR count). The number of benzene rings is 1. The molecular weight excluding hydrogens is 321 g/mol. The van der Waals surface area contributed by atoms with E-state index in [0.717, 1.165) is 43.9 Å². The molecule has 1 aromatic carbocycles. The predicted octanol–water partition coefficient (Wildman–Crippen LogP) is 2.45. The van der Waals surface area contributed by atoms with Gasteiger partial charge in [0.2, 0.25) is 5.89 Å². The van der Waals surface area contributed by atoms with Gasteiger partial charge in [-0.2, -0.15) is 10.2 Å². The lowest BCUT2D eigenvalue weighted by Crippen LogP contribution is -2.46. The molecule has 1 atom stereocenters. The quantitative estimate of drug-likeness (QED) is 0.851. The number of hydrogen-bond donors (Lipinski definition) is 0. The van der Waals surface area contributed by atoms with E-state index in [0.29, 0.717) is 18.4 Å². The third kappa shape index (κ3) is 3.41. The molecule has 0 bridgehead atoms. The van der Waals surface area contributed by atoms with Gasteiger partial charge in [0.1, 0.15) is 17.9 Å². The Kier molecular flexibility index (Phi) is 4.24. The molecule has 2 aliphatic rings. The van der Waals surface area contributed by atoms with E-state index >= 15 is 0 Å². The van der Waals surface area contributed by atoms with Gasteiger partial charge in [0.25, 0.3) is 0 Å². The maximum atomic E-state index is 13.5. The number of nitriles is 1. The summed E-state index contributed by atoms with van der Waals surface area (Å²) in [6.07, 6.45) is 2.30. The van der Waals surface area contributed by atoms with Crippen molar-refractivity contribution in [1.82, 2.24) is 19.9 Å². The zero-order chi connectivity index (χ0) is 17.4. The molecule has 0 N–H and O–H groups in total. The Bertz CT molecular complexity index is 810. The minimum atomic E-state index is -0.471. The average Bonchev–Trinajstić information content (AvgIpc) is 3.36. The molecule has 25 heavy (non-hydrogen) atoms. The first kappa shape index (κ1) is 16.2. The molecule has 0 spiro atoms. The Hall–Kier alpha value is -2.30. The summed E-state index contributed by atoms with van der Waals surface area (Å²) in [6, 6.07) is 6.68. The third-order valence-corrected chi connectivity index (χ3v) is 4.97. The molecule has 7 heteroatoms. The minimum absolute atomic E-state index is 0.0598. The van der Waals surface area contributed by atoms with Crippen molar-refractivity contribution < 1.29 is 8.91 Å². The van der Waals surface area contributed by atoms with Crippen LogP contribution in [-0.4, -0.2) is 46.6 Å². The Labute approximate surface area is 145 Å². The van der Waals surface area contributed by atoms with Gasteiger partial charge in [-0.3, -0.25) is 9.80 Å². The summed E-state index contributed by atoms with van der Waals surface area (Å²) in [5.41, 5.74) is 1.03. The monoisotopic (exact) mass is 341 g/mol. The van der Waals surface area contributed by atoms with Crippen LogP contribution in [0.5, 0.6) is 0 Å². The third-order valence-electron chi connectivity index (χ3n) is 4.97. The Morgan fingerprint density at radius 2 is 2.20 bits per heavy atom. The number of rotatable bonds is 4. The smallest absolute Gasteiger partial charge is 0.245 e. The number of likely N-dealkylation sites (N-methyl/N-ethyl adjacent to an activating group) is 1. The highest BCUT2D eigenvalue weighted by molar-refractivity contribution is 5.34. The largest absolute Gasteiger partial charge is 0.338 e. The van der Waals surface area contributed by atoms with Gasteiger partial charge in [0, 0.05) is 32.1 Å². The number of aromatic nitrogens is 2. The van der Waals surface area contributed by atoms with E-state index in [2.05, 4.69) is 27.0 Å². The van der Waals surface area contributed by atoms with Crippen LogP contribution in [-0.2, 0) is 6.54 Å². The second-order valence-corrected chi connectivity index (χ2v) is 6.92. The van der Waals surface area contributed by atoms with Crippen LogP contribution in [0.25, 0.3) is 0 Å². The van der Waals surface area contributed by atoms with E-state index < -0.39 is 5.82 Å². The van der Waals surface area contributed by atoms with Crippen molar-refractivity contribution >= 4 is 0 Å². The van der Waals surface area contributed by atoms with E-state index in [9.17, 15) is 4.39 Å². The van der Waals surface area contributed by atoms with Gasteiger partial charge >= 0.3 is 0 Å². The molecule has 0 amide bonds. The topological polar surface area (TPSA) is 69.2 Å². The number of hydrogen-bond acceptors (Lipinski definition) is 6. The molecule has 1 aromatic heterocycles. The fraction of sp³-hybridized carbons (Fsp3) is 0.500. The van der Waals surface area contributed by atoms with Crippen molar-refractivity contribution in [1.29, 1.82) is 5.26 Å². The molecule has 1 aliphatic carbocycles. The zero-order valence-electron chi connectivity index (χ0n) is 14.2. The Morgan fingerprint density at radius 1 is 1.36 bits per heavy atom. The van der Waals surface area contributed by atoms with E-state index in [1.165, 1.54) is 6.07 Å². The summed E-state index contributed by atoms with van der Waals surface area (Å²) >= 11 is 0. The highest BCUT2D eigenvalue weighted by Crippen LogP contribution is 2.38. The lowest BCUT2D eigenvalue weighted by atomic mass is 10.1. The molecule has 2 fully saturated rings. The molecule has 1 saturated heterocycles. The summed E-state index contributed by atoms with van der Waals surface area (Å²) in [6.45, 7) is 3.22. The molecule has 2 aromatic rings. The van der Waals surface area contributed by atoms with Gasteiger partial charge in [0.15, 0.2) is 5.82 Å². The summed E-state index contributed by atoms with van der Waals surface area (Å²) in [5, 5.41) is 13.1. The predicted molar refractivity (Wildman–Crippen MR) is 88.0 cm³/mol. The normalized spacial score (nSPS) is 22.0. The number of nitrogens with zero attached hydrogens (tertiary/aromatic N) is 5. The number of piperazine rings is 1. The van der Waals surface area contributed by atoms with Crippen LogP contribution in [0.3, 0.4) is 0 Å². The first-order valence-electron chi connectivity index (χ1n) is 8.58. The first-order valence-corrected chi connectivity index (χ1v) is 8.58. The van der Waals surface area contributed by atoms with Crippen molar-refractivity contribution in [3.8, 4) is 6.07 Å². The van der Waals surface area contributed by atoms with Gasteiger partial charge in [0.05, 0.1) is 5.56 Å². The van der Waals surface area contributed by atoms with Crippen molar-refractivity contribution in [2.45, 2.75) is 31.3 Å². The van der Waals surface area contributed by atoms with Crippen molar-refractivity contribution in [2.24, 2.45) is 0 Å². The lowest BCUT2D eigenvalue weighted by Gasteiger charge is -2.37. The fourth-order valence-electron chi connectivity index (χ4n) is 3.25. The average molecular weight is 341 g/mol. The molecule has 1 unspecified atom stereocenters. The molecule has 6 nitrogen and oxygen atoms in total. The van der Waals surface area contributed by atoms with Gasteiger partial charge in [-0.05, 0) is 37.6 Å². The minimum Gasteiger partial charge on any atom is -0.338 e. The molecule has 2 heterocycles. The summed E-state index contributed by atoms with van der Waals surface area (Å²) in [5.74, 6) is 1.51. The van der Waals surface area contributed by atoms with E-state index in [1.807, 2.05) is 6.07 Å². The summed E-state index contributed by atoms with van der Waals surface area (Å²) in [4.78, 5) is 9.09. The van der Waals surface area contributed by atoms with Crippen LogP contribution >= 0.6 is 0 Å². The van der Waals surface area contributed by atoms with Crippen LogP contribution in [0, 0.1) is 17.1 Å². The van der Waals surface area contributed by atoms with Gasteiger partial charge in [-0.1, -0.05) is 11.2 Å². The first-order chi connectivity index (χ1) is 12.1. The van der Waals surface area contributed by atoms with Gasteiger partial charge in [-0.25, -0.2) is 4.39 Å². The van der Waals surface area contributed by atoms with Crippen LogP contribution in [0.2, 0.25) is 0 Å². The standard InChI is InChI=1S/C18H20FN5O/c1-23-6-7-24(10-12-2-5-15(19)14(8-12)9-20)11-16(23)18-21-17(22-25-18)13-3-4-13/h2,5,8,13,16H,3-4,6-7,10-11H2,1H3. The fourth-order valence-corrected chi connectivity index (χ4v) is 3.25. The van der Waals surface area contributed by atoms with E-state index in [-0.39, 0.29) is 11.6 Å². The zero-order valence-corrected chi connectivity index (χ0v) is 14.2. The molecule has 130 valence electrons. The van der Waals surface area contributed by atoms with Crippen molar-refractivity contribution in [3.05, 3.63) is 46.9 Å². The van der Waals surface area contributed by atoms with E-state index in [1.54, 1.807) is 12.1 Å². The van der Waals surface area contributed by atoms with Gasteiger partial charge < -0.3 is 4.52 Å². The summed E-state index contributed by atoms with van der Waals surface area (Å²) in [7, 11) is 2.06. The van der Waals surface area contributed by atoms with Crippen LogP contribution < -0.4 is 0 Å². The van der Waals surface area contributed by atoms with Crippen molar-refractivity contribution in [3.63, 3.8) is 0 Å². The van der Waals surface area contributed by atoms with Gasteiger partial charge in [-0.15, -0.1) is 0 Å². The van der Waals surface area contributed by atoms with E-state index in [4.69, 9.17) is 9.78 Å². The second kappa shape index (κ2) is 6.54. The maximum Gasteiger partial charge on any atom is 0.245 e. The molecule has 1 saturated carbocycles. The Morgan fingerprint density at radius 3 is 2.96 bits per heavy atom. The summed E-state index contributed by atoms with van der Waals surface area (Å²) < 4.78 is 19.0. The van der Waals surface area contributed by atoms with Crippen LogP contribution in [0.1, 0.15) is 47.6 Å². The molecular formula is C18H20FN5O. The maximum absolute atomic E-state index is 13.5. The highest BCUT2D eigenvalue weighted by atomic mass is 19.1. The van der Waals surface area contributed by atoms with Crippen molar-refractivity contribution in [2.75, 3.05) is 26.7 Å². The molecule has 1 aliphatic heterocycles. The molecule has 0 radical (unpaired) electrons. The Balaban J connectivity index is 1.47. The van der Waals surface area contributed by atoms with Crippen LogP contribution in [0.15, 0.2) is 22.7 Å². The lowest BCUT2D eigenvalue weighted by molar-refractivity contribution is 0.0714. The number of halogens is 1. The second-order valence-electron chi connectivity index (χ2n) is 6.92.